The molecular formula is C10H11N3OS. The first-order valence-corrected chi connectivity index (χ1v) is 4.97. The van der Waals surface area contributed by atoms with Crippen molar-refractivity contribution >= 4 is 28.9 Å². The average molecular weight is 221 g/mol. The summed E-state index contributed by atoms with van der Waals surface area (Å²) in [7, 11) is 0. The summed E-state index contributed by atoms with van der Waals surface area (Å²) in [5, 5.41) is 5.89. The van der Waals surface area contributed by atoms with Gasteiger partial charge >= 0.3 is 0 Å². The highest BCUT2D eigenvalue weighted by atomic mass is 32.1. The molecule has 0 unspecified atom stereocenters. The van der Waals surface area contributed by atoms with Crippen molar-refractivity contribution in [3.05, 3.63) is 28.8 Å². The zero-order chi connectivity index (χ0) is 11.0. The van der Waals surface area contributed by atoms with E-state index < -0.39 is 0 Å². The Morgan fingerprint density at radius 1 is 1.60 bits per heavy atom. The highest BCUT2D eigenvalue weighted by Crippen LogP contribution is 2.27. The fourth-order valence-electron chi connectivity index (χ4n) is 1.72. The molecule has 2 rings (SSSR count). The van der Waals surface area contributed by atoms with Crippen LogP contribution in [0.2, 0.25) is 0 Å². The molecule has 0 bridgehead atoms. The lowest BCUT2D eigenvalue weighted by Crippen LogP contribution is -2.20. The van der Waals surface area contributed by atoms with Crippen molar-refractivity contribution in [1.82, 2.24) is 5.32 Å². The molecule has 0 fully saturated rings. The maximum Gasteiger partial charge on any atom is 0.251 e. The summed E-state index contributed by atoms with van der Waals surface area (Å²) >= 11 is 4.80. The summed E-state index contributed by atoms with van der Waals surface area (Å²) < 4.78 is 0. The van der Waals surface area contributed by atoms with E-state index in [2.05, 4.69) is 10.6 Å². The van der Waals surface area contributed by atoms with E-state index in [4.69, 9.17) is 18.0 Å². The van der Waals surface area contributed by atoms with E-state index in [1.807, 2.05) is 19.1 Å². The Labute approximate surface area is 92.8 Å². The first-order chi connectivity index (χ1) is 7.09. The molecular weight excluding hydrogens is 210 g/mol. The summed E-state index contributed by atoms with van der Waals surface area (Å²) in [6, 6.07) is 3.70. The van der Waals surface area contributed by atoms with Gasteiger partial charge in [0, 0.05) is 23.4 Å². The van der Waals surface area contributed by atoms with Gasteiger partial charge in [-0.2, -0.15) is 0 Å². The number of hydrogen-bond acceptors (Lipinski definition) is 2. The average Bonchev–Trinajstić information content (AvgIpc) is 2.52. The monoisotopic (exact) mass is 221 g/mol. The molecule has 0 spiro atoms. The minimum absolute atomic E-state index is 0.0454. The number of carbonyl (C=O) groups excluding carboxylic acids is 1. The van der Waals surface area contributed by atoms with E-state index in [1.165, 1.54) is 0 Å². The van der Waals surface area contributed by atoms with Gasteiger partial charge < -0.3 is 16.4 Å². The molecule has 0 saturated heterocycles. The van der Waals surface area contributed by atoms with E-state index >= 15 is 0 Å². The highest BCUT2D eigenvalue weighted by molar-refractivity contribution is 7.80. The first-order valence-electron chi connectivity index (χ1n) is 4.56. The van der Waals surface area contributed by atoms with Crippen LogP contribution in [0.1, 0.15) is 21.5 Å². The van der Waals surface area contributed by atoms with Crippen LogP contribution in [0.3, 0.4) is 0 Å². The quantitative estimate of drug-likeness (QED) is 0.616. The molecule has 78 valence electrons. The predicted octanol–water partition coefficient (Wildman–Crippen LogP) is 0.894. The summed E-state index contributed by atoms with van der Waals surface area (Å²) in [4.78, 5) is 11.4. The molecule has 1 aliphatic heterocycles. The molecule has 1 aromatic rings. The smallest absolute Gasteiger partial charge is 0.251 e. The van der Waals surface area contributed by atoms with Crippen molar-refractivity contribution in [2.24, 2.45) is 5.73 Å². The van der Waals surface area contributed by atoms with Crippen LogP contribution in [0.5, 0.6) is 0 Å². The molecule has 4 N–H and O–H groups in total. The molecule has 0 radical (unpaired) electrons. The number of hydrogen-bond donors (Lipinski definition) is 3. The predicted molar refractivity (Wildman–Crippen MR) is 62.8 cm³/mol. The Kier molecular flexibility index (Phi) is 2.32. The van der Waals surface area contributed by atoms with Gasteiger partial charge in [-0.3, -0.25) is 4.79 Å². The molecule has 0 saturated carbocycles. The Hall–Kier alpha value is -1.62. The molecule has 1 aromatic carbocycles. The Morgan fingerprint density at radius 3 is 3.00 bits per heavy atom. The second-order valence-corrected chi connectivity index (χ2v) is 3.90. The second-order valence-electron chi connectivity index (χ2n) is 3.46. The van der Waals surface area contributed by atoms with Gasteiger partial charge in [-0.1, -0.05) is 6.07 Å². The van der Waals surface area contributed by atoms with Crippen LogP contribution in [-0.4, -0.2) is 11.0 Å². The van der Waals surface area contributed by atoms with E-state index in [0.717, 1.165) is 16.8 Å². The molecule has 1 aliphatic rings. The third-order valence-electron chi connectivity index (χ3n) is 2.44. The molecule has 15 heavy (non-hydrogen) atoms. The molecule has 5 heteroatoms. The minimum atomic E-state index is -0.0454. The highest BCUT2D eigenvalue weighted by Gasteiger charge is 2.22. The van der Waals surface area contributed by atoms with Crippen molar-refractivity contribution in [3.63, 3.8) is 0 Å². The van der Waals surface area contributed by atoms with Crippen LogP contribution in [0.15, 0.2) is 12.1 Å². The van der Waals surface area contributed by atoms with E-state index in [-0.39, 0.29) is 11.0 Å². The Balaban J connectivity index is 2.53. The normalized spacial score (nSPS) is 13.3. The number of thiocarbonyl (C=S) groups is 1. The van der Waals surface area contributed by atoms with Gasteiger partial charge in [0.25, 0.3) is 5.91 Å². The van der Waals surface area contributed by atoms with Gasteiger partial charge in [0.1, 0.15) is 0 Å². The molecule has 1 heterocycles. The third kappa shape index (κ3) is 1.66. The van der Waals surface area contributed by atoms with Crippen molar-refractivity contribution in [2.75, 3.05) is 5.32 Å². The summed E-state index contributed by atoms with van der Waals surface area (Å²) in [5.74, 6) is -0.0454. The van der Waals surface area contributed by atoms with Gasteiger partial charge in [-0.25, -0.2) is 0 Å². The van der Waals surface area contributed by atoms with Crippen LogP contribution in [0.4, 0.5) is 5.69 Å². The van der Waals surface area contributed by atoms with Crippen molar-refractivity contribution in [3.8, 4) is 0 Å². The molecule has 0 aliphatic carbocycles. The van der Waals surface area contributed by atoms with Gasteiger partial charge in [0.2, 0.25) is 0 Å². The molecule has 4 nitrogen and oxygen atoms in total. The van der Waals surface area contributed by atoms with E-state index in [0.29, 0.717) is 12.1 Å². The topological polar surface area (TPSA) is 67.2 Å². The summed E-state index contributed by atoms with van der Waals surface area (Å²) in [6.07, 6.45) is 0. The largest absolute Gasteiger partial charge is 0.376 e. The van der Waals surface area contributed by atoms with Gasteiger partial charge in [-0.05, 0) is 30.8 Å². The number of nitrogens with two attached hydrogens (primary N) is 1. The van der Waals surface area contributed by atoms with Gasteiger partial charge in [-0.15, -0.1) is 0 Å². The number of carbonyl (C=O) groups is 1. The standard InChI is InChI=1S/C10H11N3OS/c1-5-2-3-6-7(4-12-9(6)14)8(5)13-10(11)15/h2-3H,4H2,1H3,(H,12,14)(H3,11,13,15). The lowest BCUT2D eigenvalue weighted by molar-refractivity contribution is 0.0966. The summed E-state index contributed by atoms with van der Waals surface area (Å²) in [5.41, 5.74) is 8.94. The SMILES string of the molecule is Cc1ccc2c(c1NC(N)=S)CNC2=O. The molecule has 0 atom stereocenters. The van der Waals surface area contributed by atoms with Crippen molar-refractivity contribution in [1.29, 1.82) is 0 Å². The van der Waals surface area contributed by atoms with E-state index in [9.17, 15) is 4.79 Å². The zero-order valence-corrected chi connectivity index (χ0v) is 9.07. The van der Waals surface area contributed by atoms with Crippen LogP contribution >= 0.6 is 12.2 Å². The minimum Gasteiger partial charge on any atom is -0.376 e. The fourth-order valence-corrected chi connectivity index (χ4v) is 1.82. The van der Waals surface area contributed by atoms with Crippen LogP contribution in [-0.2, 0) is 6.54 Å². The third-order valence-corrected chi connectivity index (χ3v) is 2.54. The van der Waals surface area contributed by atoms with Crippen molar-refractivity contribution < 1.29 is 4.79 Å². The summed E-state index contributed by atoms with van der Waals surface area (Å²) in [6.45, 7) is 2.48. The number of anilines is 1. The van der Waals surface area contributed by atoms with Crippen LogP contribution in [0, 0.1) is 6.92 Å². The van der Waals surface area contributed by atoms with Crippen molar-refractivity contribution in [2.45, 2.75) is 13.5 Å². The van der Waals surface area contributed by atoms with Crippen LogP contribution < -0.4 is 16.4 Å². The van der Waals surface area contributed by atoms with Gasteiger partial charge in [0.05, 0.1) is 0 Å². The lowest BCUT2D eigenvalue weighted by Gasteiger charge is -2.11. The number of aryl methyl sites for hydroxylation is 1. The molecule has 1 amide bonds. The van der Waals surface area contributed by atoms with Crippen LogP contribution in [0.25, 0.3) is 0 Å². The lowest BCUT2D eigenvalue weighted by atomic mass is 10.0. The maximum absolute atomic E-state index is 11.4. The number of rotatable bonds is 1. The molecule has 0 aromatic heterocycles. The fraction of sp³-hybridized carbons (Fsp3) is 0.200. The zero-order valence-electron chi connectivity index (χ0n) is 8.26. The first kappa shape index (κ1) is 9.92. The van der Waals surface area contributed by atoms with Gasteiger partial charge in [0.15, 0.2) is 5.11 Å². The maximum atomic E-state index is 11.4. The Bertz CT molecular complexity index is 456. The number of benzene rings is 1. The Morgan fingerprint density at radius 2 is 2.33 bits per heavy atom. The second kappa shape index (κ2) is 3.51. The van der Waals surface area contributed by atoms with E-state index in [1.54, 1.807) is 0 Å². The number of amides is 1. The number of nitrogens with one attached hydrogen (secondary N) is 2. The number of fused-ring (bicyclic) bond motifs is 1.